The molecular weight excluding hydrogens is 156 g/mol. The lowest BCUT2D eigenvalue weighted by atomic mass is 10.3. The molecule has 1 radical (unpaired) electrons. The van der Waals surface area contributed by atoms with Gasteiger partial charge in [-0.25, -0.2) is 4.79 Å². The average Bonchev–Trinajstić information content (AvgIpc) is 2.06. The van der Waals surface area contributed by atoms with E-state index in [1.165, 1.54) is 7.11 Å². The fraction of sp³-hybridized carbons (Fsp3) is 0.125. The molecule has 1 aromatic carbocycles. The summed E-state index contributed by atoms with van der Waals surface area (Å²) in [5.74, 6) is 0. The summed E-state index contributed by atoms with van der Waals surface area (Å²) in [6.45, 7) is 0. The van der Waals surface area contributed by atoms with Crippen LogP contribution in [0.25, 0.3) is 0 Å². The van der Waals surface area contributed by atoms with Crippen molar-refractivity contribution in [2.45, 2.75) is 0 Å². The number of carbonyl (C=O) groups is 1. The van der Waals surface area contributed by atoms with Gasteiger partial charge in [-0.1, -0.05) is 23.7 Å². The largest absolute Gasteiger partial charge is 0.368 e. The molecule has 63 valence electrons. The van der Waals surface area contributed by atoms with Gasteiger partial charge in [-0.3, -0.25) is 4.84 Å². The summed E-state index contributed by atoms with van der Waals surface area (Å²) in [7, 11) is 1.32. The van der Waals surface area contributed by atoms with Gasteiger partial charge < -0.3 is 5.32 Å². The van der Waals surface area contributed by atoms with Crippen LogP contribution in [0, 0.1) is 0 Å². The molecule has 4 heteroatoms. The third-order valence-corrected chi connectivity index (χ3v) is 1.20. The maximum atomic E-state index is 10.8. The van der Waals surface area contributed by atoms with Gasteiger partial charge in [0, 0.05) is 5.69 Å². The van der Waals surface area contributed by atoms with Crippen molar-refractivity contribution in [2.75, 3.05) is 12.4 Å². The van der Waals surface area contributed by atoms with Crippen LogP contribution in [0.15, 0.2) is 30.3 Å². The molecule has 1 N–H and O–H groups in total. The van der Waals surface area contributed by atoms with Crippen LogP contribution < -0.4 is 10.8 Å². The molecule has 12 heavy (non-hydrogen) atoms. The molecule has 0 aliphatic rings. The lowest BCUT2D eigenvalue weighted by molar-refractivity contribution is 0.107. The number of anilines is 1. The van der Waals surface area contributed by atoms with E-state index in [-0.39, 0.29) is 0 Å². The number of nitrogens with one attached hydrogen (secondary N) is 1. The van der Waals surface area contributed by atoms with E-state index in [9.17, 15) is 4.79 Å². The number of rotatable bonds is 2. The van der Waals surface area contributed by atoms with E-state index in [4.69, 9.17) is 0 Å². The molecule has 1 rings (SSSR count). The number of hydroxylamine groups is 1. The first-order valence-electron chi connectivity index (χ1n) is 3.43. The fourth-order valence-corrected chi connectivity index (χ4v) is 0.751. The Labute approximate surface area is 70.5 Å². The second-order valence-corrected chi connectivity index (χ2v) is 2.07. The lowest BCUT2D eigenvalue weighted by Crippen LogP contribution is -2.20. The van der Waals surface area contributed by atoms with E-state index < -0.39 is 6.03 Å². The molecule has 0 atom stereocenters. The Morgan fingerprint density at radius 2 is 2.08 bits per heavy atom. The SMILES string of the molecule is CO[N]C(=O)Nc1ccccc1. The maximum Gasteiger partial charge on any atom is 0.368 e. The summed E-state index contributed by atoms with van der Waals surface area (Å²) in [6, 6.07) is 8.53. The second-order valence-electron chi connectivity index (χ2n) is 2.07. The first kappa shape index (κ1) is 8.55. The highest BCUT2D eigenvalue weighted by Gasteiger charge is 2.00. The Bertz CT molecular complexity index is 248. The molecule has 0 aromatic heterocycles. The van der Waals surface area contributed by atoms with Crippen LogP contribution in [0.2, 0.25) is 0 Å². The van der Waals surface area contributed by atoms with Crippen molar-refractivity contribution in [3.63, 3.8) is 0 Å². The van der Waals surface area contributed by atoms with Crippen LogP contribution in [0.1, 0.15) is 0 Å². The fourth-order valence-electron chi connectivity index (χ4n) is 0.751. The standard InChI is InChI=1S/C8H9N2O2/c1-12-10-8(11)9-7-5-3-2-4-6-7/h2-6H,1H3,(H,9,11). The number of benzene rings is 1. The number of urea groups is 1. The van der Waals surface area contributed by atoms with Gasteiger partial charge in [-0.2, -0.15) is 0 Å². The molecule has 2 amide bonds. The van der Waals surface area contributed by atoms with E-state index in [1.54, 1.807) is 12.1 Å². The van der Waals surface area contributed by atoms with Crippen LogP contribution in [-0.4, -0.2) is 13.1 Å². The summed E-state index contributed by atoms with van der Waals surface area (Å²) in [6.07, 6.45) is 0. The molecule has 1 aromatic rings. The van der Waals surface area contributed by atoms with Gasteiger partial charge in [-0.15, -0.1) is 0 Å². The predicted octanol–water partition coefficient (Wildman–Crippen LogP) is 1.38. The highest BCUT2D eigenvalue weighted by atomic mass is 16.6. The van der Waals surface area contributed by atoms with Gasteiger partial charge in [0.25, 0.3) is 0 Å². The first-order valence-corrected chi connectivity index (χ1v) is 3.43. The monoisotopic (exact) mass is 165 g/mol. The molecule has 0 aliphatic heterocycles. The molecule has 0 heterocycles. The molecule has 0 aliphatic carbocycles. The van der Waals surface area contributed by atoms with Crippen molar-refractivity contribution in [3.8, 4) is 0 Å². The molecule has 4 nitrogen and oxygen atoms in total. The summed E-state index contributed by atoms with van der Waals surface area (Å²) in [5.41, 5.74) is 3.87. The van der Waals surface area contributed by atoms with E-state index in [0.717, 1.165) is 0 Å². The van der Waals surface area contributed by atoms with Gasteiger partial charge in [0.2, 0.25) is 0 Å². The molecule has 0 saturated heterocycles. The van der Waals surface area contributed by atoms with Gasteiger partial charge in [0.1, 0.15) is 0 Å². The summed E-state index contributed by atoms with van der Waals surface area (Å²) < 4.78 is 0. The Morgan fingerprint density at radius 1 is 1.42 bits per heavy atom. The Kier molecular flexibility index (Phi) is 3.10. The number of para-hydroxylation sites is 1. The van der Waals surface area contributed by atoms with E-state index in [1.807, 2.05) is 18.2 Å². The Morgan fingerprint density at radius 3 is 2.67 bits per heavy atom. The highest BCUT2D eigenvalue weighted by Crippen LogP contribution is 2.03. The predicted molar refractivity (Wildman–Crippen MR) is 44.6 cm³/mol. The van der Waals surface area contributed by atoms with Gasteiger partial charge in [-0.05, 0) is 12.1 Å². The second kappa shape index (κ2) is 4.35. The third kappa shape index (κ3) is 2.59. The van der Waals surface area contributed by atoms with Crippen molar-refractivity contribution in [1.29, 1.82) is 0 Å². The van der Waals surface area contributed by atoms with E-state index >= 15 is 0 Å². The van der Waals surface area contributed by atoms with Crippen LogP contribution in [0.4, 0.5) is 10.5 Å². The molecule has 0 unspecified atom stereocenters. The zero-order valence-corrected chi connectivity index (χ0v) is 6.65. The number of amides is 2. The zero-order chi connectivity index (χ0) is 8.81. The number of nitrogens with zero attached hydrogens (tertiary/aromatic N) is 1. The Hall–Kier alpha value is -1.55. The highest BCUT2D eigenvalue weighted by molar-refractivity contribution is 5.88. The number of carbonyl (C=O) groups excluding carboxylic acids is 1. The smallest absolute Gasteiger partial charge is 0.304 e. The van der Waals surface area contributed by atoms with Crippen molar-refractivity contribution in [3.05, 3.63) is 30.3 Å². The van der Waals surface area contributed by atoms with Crippen molar-refractivity contribution >= 4 is 11.7 Å². The molecule has 0 bridgehead atoms. The molecule has 0 saturated carbocycles. The molecule has 0 spiro atoms. The summed E-state index contributed by atoms with van der Waals surface area (Å²) in [5, 5.41) is 2.51. The quantitative estimate of drug-likeness (QED) is 0.673. The molecule has 0 fully saturated rings. The van der Waals surface area contributed by atoms with Crippen molar-refractivity contribution in [2.24, 2.45) is 0 Å². The van der Waals surface area contributed by atoms with E-state index in [0.29, 0.717) is 5.69 Å². The zero-order valence-electron chi connectivity index (χ0n) is 6.65. The normalized spacial score (nSPS) is 9.08. The summed E-state index contributed by atoms with van der Waals surface area (Å²) >= 11 is 0. The molecular formula is C8H9N2O2. The van der Waals surface area contributed by atoms with Crippen LogP contribution in [0.5, 0.6) is 0 Å². The lowest BCUT2D eigenvalue weighted by Gasteiger charge is -2.01. The van der Waals surface area contributed by atoms with Gasteiger partial charge in [0.05, 0.1) is 7.11 Å². The van der Waals surface area contributed by atoms with Crippen molar-refractivity contribution < 1.29 is 9.63 Å². The third-order valence-electron chi connectivity index (χ3n) is 1.20. The average molecular weight is 165 g/mol. The number of hydrogen-bond donors (Lipinski definition) is 1. The number of hydrogen-bond acceptors (Lipinski definition) is 2. The van der Waals surface area contributed by atoms with Crippen molar-refractivity contribution in [1.82, 2.24) is 5.48 Å². The first-order chi connectivity index (χ1) is 5.83. The van der Waals surface area contributed by atoms with E-state index in [2.05, 4.69) is 15.6 Å². The van der Waals surface area contributed by atoms with Gasteiger partial charge in [0.15, 0.2) is 0 Å². The minimum Gasteiger partial charge on any atom is -0.304 e. The van der Waals surface area contributed by atoms with Crippen LogP contribution in [0.3, 0.4) is 0 Å². The topological polar surface area (TPSA) is 52.4 Å². The van der Waals surface area contributed by atoms with Gasteiger partial charge >= 0.3 is 6.03 Å². The minimum absolute atomic E-state index is 0.510. The van der Waals surface area contributed by atoms with Crippen LogP contribution in [-0.2, 0) is 4.84 Å². The minimum atomic E-state index is -0.510. The Balaban J connectivity index is 2.47. The van der Waals surface area contributed by atoms with Crippen LogP contribution >= 0.6 is 0 Å². The maximum absolute atomic E-state index is 10.8. The summed E-state index contributed by atoms with van der Waals surface area (Å²) in [4.78, 5) is 15.1.